The van der Waals surface area contributed by atoms with E-state index in [1.54, 1.807) is 13.1 Å². The number of pyridine rings is 1. The molecule has 2 atom stereocenters. The van der Waals surface area contributed by atoms with Crippen LogP contribution >= 0.6 is 0 Å². The molecule has 0 aliphatic rings. The minimum absolute atomic E-state index is 0.142. The molecule has 0 aliphatic carbocycles. The van der Waals surface area contributed by atoms with Gasteiger partial charge in [0.25, 0.3) is 0 Å². The highest BCUT2D eigenvalue weighted by Gasteiger charge is 2.09. The first-order valence-electron chi connectivity index (χ1n) is 4.38. The molecule has 2 nitrogen and oxygen atoms in total. The van der Waals surface area contributed by atoms with Crippen molar-refractivity contribution in [2.45, 2.75) is 32.3 Å². The van der Waals surface area contributed by atoms with Crippen LogP contribution in [0.4, 0.5) is 4.39 Å². The Morgan fingerprint density at radius 3 is 2.69 bits per heavy atom. The van der Waals surface area contributed by atoms with Crippen molar-refractivity contribution in [3.63, 3.8) is 0 Å². The van der Waals surface area contributed by atoms with E-state index in [4.69, 9.17) is 5.11 Å². The van der Waals surface area contributed by atoms with E-state index in [1.165, 1.54) is 12.3 Å². The van der Waals surface area contributed by atoms with Gasteiger partial charge in [-0.05, 0) is 30.9 Å². The molecule has 0 saturated heterocycles. The first-order chi connectivity index (χ1) is 6.09. The standard InChI is InChI=1S/C10H14FNO/c1-7(3-8(2)13)9-4-10(11)6-12-5-9/h4-8,13H,3H2,1-2H3. The molecular formula is C10H14FNO. The molecule has 1 rings (SSSR count). The van der Waals surface area contributed by atoms with E-state index in [2.05, 4.69) is 4.98 Å². The molecule has 2 unspecified atom stereocenters. The summed E-state index contributed by atoms with van der Waals surface area (Å²) in [6.07, 6.45) is 3.08. The second-order valence-electron chi connectivity index (χ2n) is 3.42. The zero-order valence-electron chi connectivity index (χ0n) is 7.87. The average Bonchev–Trinajstić information content (AvgIpc) is 2.03. The number of hydrogen-bond donors (Lipinski definition) is 1. The quantitative estimate of drug-likeness (QED) is 0.778. The van der Waals surface area contributed by atoms with Gasteiger partial charge >= 0.3 is 0 Å². The van der Waals surface area contributed by atoms with Crippen molar-refractivity contribution >= 4 is 0 Å². The Kier molecular flexibility index (Phi) is 3.37. The van der Waals surface area contributed by atoms with Gasteiger partial charge in [0, 0.05) is 6.20 Å². The maximum atomic E-state index is 12.7. The van der Waals surface area contributed by atoms with Crippen molar-refractivity contribution < 1.29 is 9.50 Å². The minimum atomic E-state index is -0.363. The monoisotopic (exact) mass is 183 g/mol. The minimum Gasteiger partial charge on any atom is -0.393 e. The second-order valence-corrected chi connectivity index (χ2v) is 3.42. The highest BCUT2D eigenvalue weighted by atomic mass is 19.1. The SMILES string of the molecule is CC(O)CC(C)c1cncc(F)c1. The number of aliphatic hydroxyl groups excluding tert-OH is 1. The van der Waals surface area contributed by atoms with Gasteiger partial charge in [0.15, 0.2) is 0 Å². The second kappa shape index (κ2) is 4.33. The Bertz CT molecular complexity index is 275. The number of aliphatic hydroxyl groups is 1. The molecule has 0 fully saturated rings. The Labute approximate surface area is 77.4 Å². The average molecular weight is 183 g/mol. The molecular weight excluding hydrogens is 169 g/mol. The smallest absolute Gasteiger partial charge is 0.141 e. The van der Waals surface area contributed by atoms with E-state index in [9.17, 15) is 4.39 Å². The van der Waals surface area contributed by atoms with Crippen LogP contribution in [0.3, 0.4) is 0 Å². The molecule has 3 heteroatoms. The summed E-state index contributed by atoms with van der Waals surface area (Å²) in [5.41, 5.74) is 0.834. The molecule has 1 N–H and O–H groups in total. The fourth-order valence-corrected chi connectivity index (χ4v) is 1.35. The molecule has 1 aromatic heterocycles. The van der Waals surface area contributed by atoms with Crippen molar-refractivity contribution in [1.82, 2.24) is 4.98 Å². The predicted octanol–water partition coefficient (Wildman–Crippen LogP) is 2.10. The van der Waals surface area contributed by atoms with Crippen LogP contribution in [-0.2, 0) is 0 Å². The lowest BCUT2D eigenvalue weighted by Crippen LogP contribution is -2.06. The largest absolute Gasteiger partial charge is 0.393 e. The summed E-state index contributed by atoms with van der Waals surface area (Å²) in [6.45, 7) is 3.67. The summed E-state index contributed by atoms with van der Waals surface area (Å²) in [4.78, 5) is 3.76. The fraction of sp³-hybridized carbons (Fsp3) is 0.500. The number of hydrogen-bond acceptors (Lipinski definition) is 2. The maximum Gasteiger partial charge on any atom is 0.141 e. The van der Waals surface area contributed by atoms with Gasteiger partial charge in [-0.3, -0.25) is 4.98 Å². The van der Waals surface area contributed by atoms with Gasteiger partial charge in [-0.25, -0.2) is 4.39 Å². The van der Waals surface area contributed by atoms with Gasteiger partial charge in [0.05, 0.1) is 12.3 Å². The van der Waals surface area contributed by atoms with E-state index in [0.29, 0.717) is 6.42 Å². The Balaban J connectivity index is 2.71. The van der Waals surface area contributed by atoms with Crippen LogP contribution in [0.1, 0.15) is 31.7 Å². The number of nitrogens with zero attached hydrogens (tertiary/aromatic N) is 1. The van der Waals surface area contributed by atoms with Crippen LogP contribution in [0.2, 0.25) is 0 Å². The lowest BCUT2D eigenvalue weighted by Gasteiger charge is -2.12. The van der Waals surface area contributed by atoms with Gasteiger partial charge in [0.2, 0.25) is 0 Å². The Morgan fingerprint density at radius 2 is 2.15 bits per heavy atom. The number of rotatable bonds is 3. The summed E-state index contributed by atoms with van der Waals surface area (Å²) < 4.78 is 12.7. The van der Waals surface area contributed by atoms with E-state index in [1.807, 2.05) is 6.92 Å². The fourth-order valence-electron chi connectivity index (χ4n) is 1.35. The first kappa shape index (κ1) is 10.1. The lowest BCUT2D eigenvalue weighted by molar-refractivity contribution is 0.176. The van der Waals surface area contributed by atoms with Crippen LogP contribution in [0.5, 0.6) is 0 Å². The van der Waals surface area contributed by atoms with Crippen LogP contribution in [-0.4, -0.2) is 16.2 Å². The van der Waals surface area contributed by atoms with Gasteiger partial charge in [-0.1, -0.05) is 6.92 Å². The number of aromatic nitrogens is 1. The van der Waals surface area contributed by atoms with Crippen molar-refractivity contribution in [1.29, 1.82) is 0 Å². The van der Waals surface area contributed by atoms with Crippen molar-refractivity contribution in [2.75, 3.05) is 0 Å². The van der Waals surface area contributed by atoms with Gasteiger partial charge in [-0.2, -0.15) is 0 Å². The molecule has 0 saturated carbocycles. The third kappa shape index (κ3) is 3.11. The topological polar surface area (TPSA) is 33.1 Å². The summed E-state index contributed by atoms with van der Waals surface area (Å²) >= 11 is 0. The van der Waals surface area contributed by atoms with Crippen LogP contribution in [0, 0.1) is 5.82 Å². The Hall–Kier alpha value is -0.960. The molecule has 13 heavy (non-hydrogen) atoms. The van der Waals surface area contributed by atoms with E-state index >= 15 is 0 Å². The summed E-state index contributed by atoms with van der Waals surface area (Å²) in [5, 5.41) is 9.14. The van der Waals surface area contributed by atoms with Crippen LogP contribution in [0.15, 0.2) is 18.5 Å². The molecule has 0 aromatic carbocycles. The zero-order valence-corrected chi connectivity index (χ0v) is 7.87. The molecule has 0 bridgehead atoms. The van der Waals surface area contributed by atoms with Crippen molar-refractivity contribution in [3.8, 4) is 0 Å². The molecule has 1 heterocycles. The third-order valence-electron chi connectivity index (χ3n) is 1.99. The molecule has 0 aliphatic heterocycles. The van der Waals surface area contributed by atoms with Gasteiger partial charge in [0.1, 0.15) is 5.82 Å². The van der Waals surface area contributed by atoms with E-state index in [0.717, 1.165) is 5.56 Å². The van der Waals surface area contributed by atoms with E-state index < -0.39 is 0 Å². The van der Waals surface area contributed by atoms with Gasteiger partial charge < -0.3 is 5.11 Å². The number of halogens is 1. The summed E-state index contributed by atoms with van der Waals surface area (Å²) in [7, 11) is 0. The zero-order chi connectivity index (χ0) is 9.84. The predicted molar refractivity (Wildman–Crippen MR) is 48.9 cm³/mol. The summed E-state index contributed by atoms with van der Waals surface area (Å²) in [6, 6.07) is 1.46. The van der Waals surface area contributed by atoms with Crippen LogP contribution < -0.4 is 0 Å². The van der Waals surface area contributed by atoms with Gasteiger partial charge in [-0.15, -0.1) is 0 Å². The molecule has 0 spiro atoms. The summed E-state index contributed by atoms with van der Waals surface area (Å²) in [5.74, 6) is -0.182. The maximum absolute atomic E-state index is 12.7. The van der Waals surface area contributed by atoms with Crippen LogP contribution in [0.25, 0.3) is 0 Å². The lowest BCUT2D eigenvalue weighted by atomic mass is 9.97. The van der Waals surface area contributed by atoms with Crippen molar-refractivity contribution in [2.24, 2.45) is 0 Å². The third-order valence-corrected chi connectivity index (χ3v) is 1.99. The Morgan fingerprint density at radius 1 is 1.46 bits per heavy atom. The van der Waals surface area contributed by atoms with Crippen molar-refractivity contribution in [3.05, 3.63) is 29.8 Å². The molecule has 1 aromatic rings. The highest BCUT2D eigenvalue weighted by molar-refractivity contribution is 5.14. The molecule has 72 valence electrons. The molecule has 0 radical (unpaired) electrons. The normalized spacial score (nSPS) is 15.4. The van der Waals surface area contributed by atoms with E-state index in [-0.39, 0.29) is 17.8 Å². The first-order valence-corrected chi connectivity index (χ1v) is 4.38. The molecule has 0 amide bonds. The highest BCUT2D eigenvalue weighted by Crippen LogP contribution is 2.19.